The molecule has 0 aromatic rings. The van der Waals surface area contributed by atoms with E-state index in [2.05, 4.69) is 14.7 Å². The minimum absolute atomic E-state index is 0.264. The van der Waals surface area contributed by atoms with Crippen molar-refractivity contribution in [3.8, 4) is 0 Å². The summed E-state index contributed by atoms with van der Waals surface area (Å²) in [6.45, 7) is 7.97. The number of piperidine rings is 1. The summed E-state index contributed by atoms with van der Waals surface area (Å²) in [5.74, 6) is 1.12. The van der Waals surface area contributed by atoms with Crippen molar-refractivity contribution >= 4 is 5.91 Å². The third kappa shape index (κ3) is 4.46. The summed E-state index contributed by atoms with van der Waals surface area (Å²) in [6, 6.07) is 0.529. The SMILES string of the molecule is C[C@H](O)CN1CCN(CC(=O)N2CCC[C@H]3CCCC[C@H]32)CC1. The second-order valence-corrected chi connectivity index (χ2v) is 7.77. The van der Waals surface area contributed by atoms with Gasteiger partial charge in [-0.1, -0.05) is 12.8 Å². The van der Waals surface area contributed by atoms with E-state index in [1.54, 1.807) is 0 Å². The number of rotatable bonds is 4. The summed E-state index contributed by atoms with van der Waals surface area (Å²) in [4.78, 5) is 19.6. The Bertz CT molecular complexity index is 392. The van der Waals surface area contributed by atoms with Crippen molar-refractivity contribution < 1.29 is 9.90 Å². The van der Waals surface area contributed by atoms with E-state index in [1.165, 1.54) is 38.5 Å². The maximum Gasteiger partial charge on any atom is 0.237 e. The van der Waals surface area contributed by atoms with Gasteiger partial charge in [0.15, 0.2) is 0 Å². The lowest BCUT2D eigenvalue weighted by molar-refractivity contribution is -0.139. The lowest BCUT2D eigenvalue weighted by atomic mass is 9.78. The summed E-state index contributed by atoms with van der Waals surface area (Å²) in [6.07, 6.45) is 7.45. The van der Waals surface area contributed by atoms with Gasteiger partial charge in [-0.05, 0) is 38.5 Å². The third-order valence-electron chi connectivity index (χ3n) is 5.91. The summed E-state index contributed by atoms with van der Waals surface area (Å²) < 4.78 is 0. The molecule has 1 aliphatic carbocycles. The molecule has 2 saturated heterocycles. The molecule has 132 valence electrons. The van der Waals surface area contributed by atoms with Crippen LogP contribution in [-0.2, 0) is 4.79 Å². The van der Waals surface area contributed by atoms with Crippen LogP contribution in [0.15, 0.2) is 0 Å². The monoisotopic (exact) mass is 323 g/mol. The molecule has 3 fully saturated rings. The molecule has 2 aliphatic heterocycles. The number of hydrogen-bond acceptors (Lipinski definition) is 4. The van der Waals surface area contributed by atoms with Crippen LogP contribution >= 0.6 is 0 Å². The van der Waals surface area contributed by atoms with E-state index in [0.717, 1.165) is 45.2 Å². The van der Waals surface area contributed by atoms with E-state index >= 15 is 0 Å². The first kappa shape index (κ1) is 17.2. The van der Waals surface area contributed by atoms with Gasteiger partial charge in [-0.3, -0.25) is 14.6 Å². The third-order valence-corrected chi connectivity index (χ3v) is 5.91. The van der Waals surface area contributed by atoms with Crippen molar-refractivity contribution in [2.75, 3.05) is 45.8 Å². The highest BCUT2D eigenvalue weighted by Crippen LogP contribution is 2.35. The number of amides is 1. The van der Waals surface area contributed by atoms with Gasteiger partial charge in [0.1, 0.15) is 0 Å². The van der Waals surface area contributed by atoms with Gasteiger partial charge >= 0.3 is 0 Å². The van der Waals surface area contributed by atoms with Crippen molar-refractivity contribution in [3.05, 3.63) is 0 Å². The molecule has 2 heterocycles. The molecule has 0 spiro atoms. The first-order valence-corrected chi connectivity index (χ1v) is 9.55. The Morgan fingerprint density at radius 3 is 2.39 bits per heavy atom. The summed E-state index contributed by atoms with van der Waals surface area (Å²) in [5.41, 5.74) is 0. The fraction of sp³-hybridized carbons (Fsp3) is 0.944. The van der Waals surface area contributed by atoms with Crippen LogP contribution in [-0.4, -0.2) is 83.7 Å². The van der Waals surface area contributed by atoms with Crippen LogP contribution in [0.3, 0.4) is 0 Å². The van der Waals surface area contributed by atoms with Crippen LogP contribution in [0.5, 0.6) is 0 Å². The molecule has 3 rings (SSSR count). The molecular formula is C18H33N3O2. The van der Waals surface area contributed by atoms with E-state index in [4.69, 9.17) is 0 Å². The molecule has 0 aromatic carbocycles. The topological polar surface area (TPSA) is 47.0 Å². The second-order valence-electron chi connectivity index (χ2n) is 7.77. The number of carbonyl (C=O) groups is 1. The van der Waals surface area contributed by atoms with E-state index in [0.29, 0.717) is 18.5 Å². The van der Waals surface area contributed by atoms with Crippen molar-refractivity contribution in [1.29, 1.82) is 0 Å². The Morgan fingerprint density at radius 2 is 1.65 bits per heavy atom. The van der Waals surface area contributed by atoms with Gasteiger partial charge in [-0.2, -0.15) is 0 Å². The molecule has 3 aliphatic rings. The van der Waals surface area contributed by atoms with Gasteiger partial charge in [0.2, 0.25) is 5.91 Å². The Morgan fingerprint density at radius 1 is 1.00 bits per heavy atom. The normalized spacial score (nSPS) is 31.7. The van der Waals surface area contributed by atoms with Crippen LogP contribution in [0.25, 0.3) is 0 Å². The van der Waals surface area contributed by atoms with E-state index in [-0.39, 0.29) is 6.10 Å². The van der Waals surface area contributed by atoms with Crippen LogP contribution in [0.2, 0.25) is 0 Å². The lowest BCUT2D eigenvalue weighted by Crippen LogP contribution is -2.55. The summed E-state index contributed by atoms with van der Waals surface area (Å²) in [7, 11) is 0. The molecular weight excluding hydrogens is 290 g/mol. The maximum absolute atomic E-state index is 12.8. The standard InChI is InChI=1S/C18H33N3O2/c1-15(22)13-19-9-11-20(12-10-19)14-18(23)21-8-4-6-16-5-2-3-7-17(16)21/h15-17,22H,2-14H2,1H3/t15-,16+,17+/m0/s1. The maximum atomic E-state index is 12.8. The molecule has 1 amide bonds. The molecule has 0 radical (unpaired) electrons. The van der Waals surface area contributed by atoms with Crippen molar-refractivity contribution in [2.45, 2.75) is 57.6 Å². The minimum atomic E-state index is -0.264. The molecule has 0 aromatic heterocycles. The average Bonchev–Trinajstić information content (AvgIpc) is 2.55. The highest BCUT2D eigenvalue weighted by atomic mass is 16.3. The highest BCUT2D eigenvalue weighted by molar-refractivity contribution is 5.78. The second kappa shape index (κ2) is 7.95. The van der Waals surface area contributed by atoms with E-state index < -0.39 is 0 Å². The van der Waals surface area contributed by atoms with Crippen LogP contribution in [0.4, 0.5) is 0 Å². The van der Waals surface area contributed by atoms with E-state index in [9.17, 15) is 9.90 Å². The molecule has 1 saturated carbocycles. The van der Waals surface area contributed by atoms with Crippen LogP contribution in [0.1, 0.15) is 45.4 Å². The number of β-amino-alcohol motifs (C(OH)–C–C–N with tert-alkyl or cyclic N) is 1. The molecule has 1 N–H and O–H groups in total. The summed E-state index contributed by atoms with van der Waals surface area (Å²) >= 11 is 0. The number of likely N-dealkylation sites (tertiary alicyclic amines) is 1. The molecule has 5 nitrogen and oxygen atoms in total. The molecule has 23 heavy (non-hydrogen) atoms. The number of aliphatic hydroxyl groups excluding tert-OH is 1. The van der Waals surface area contributed by atoms with Gasteiger partial charge < -0.3 is 10.0 Å². The fourth-order valence-electron chi connectivity index (χ4n) is 4.72. The quantitative estimate of drug-likeness (QED) is 0.844. The van der Waals surface area contributed by atoms with Gasteiger partial charge in [0.25, 0.3) is 0 Å². The zero-order valence-electron chi connectivity index (χ0n) is 14.6. The number of hydrogen-bond donors (Lipinski definition) is 1. The van der Waals surface area contributed by atoms with Crippen LogP contribution < -0.4 is 0 Å². The molecule has 0 bridgehead atoms. The smallest absolute Gasteiger partial charge is 0.237 e. The van der Waals surface area contributed by atoms with Gasteiger partial charge in [0.05, 0.1) is 12.6 Å². The Kier molecular flexibility index (Phi) is 5.94. The predicted octanol–water partition coefficient (Wildman–Crippen LogP) is 1.17. The largest absolute Gasteiger partial charge is 0.392 e. The van der Waals surface area contributed by atoms with Crippen molar-refractivity contribution in [2.24, 2.45) is 5.92 Å². The van der Waals surface area contributed by atoms with Crippen molar-refractivity contribution in [3.63, 3.8) is 0 Å². The summed E-state index contributed by atoms with van der Waals surface area (Å²) in [5, 5.41) is 9.48. The van der Waals surface area contributed by atoms with E-state index in [1.807, 2.05) is 6.92 Å². The zero-order valence-corrected chi connectivity index (χ0v) is 14.6. The molecule has 0 unspecified atom stereocenters. The number of nitrogens with zero attached hydrogens (tertiary/aromatic N) is 3. The number of carbonyl (C=O) groups excluding carboxylic acids is 1. The Labute approximate surface area is 140 Å². The number of fused-ring (bicyclic) bond motifs is 1. The highest BCUT2D eigenvalue weighted by Gasteiger charge is 2.36. The van der Waals surface area contributed by atoms with Crippen LogP contribution in [0, 0.1) is 5.92 Å². The number of aliphatic hydroxyl groups is 1. The fourth-order valence-corrected chi connectivity index (χ4v) is 4.72. The van der Waals surface area contributed by atoms with Crippen molar-refractivity contribution in [1.82, 2.24) is 14.7 Å². The predicted molar refractivity (Wildman–Crippen MR) is 91.3 cm³/mol. The van der Waals surface area contributed by atoms with Gasteiger partial charge in [-0.15, -0.1) is 0 Å². The van der Waals surface area contributed by atoms with Gasteiger partial charge in [0, 0.05) is 45.3 Å². The first-order valence-electron chi connectivity index (χ1n) is 9.55. The molecule has 3 atom stereocenters. The zero-order chi connectivity index (χ0) is 16.2. The number of piperazine rings is 1. The lowest BCUT2D eigenvalue weighted by Gasteiger charge is -2.45. The first-order chi connectivity index (χ1) is 11.1. The minimum Gasteiger partial charge on any atom is -0.392 e. The van der Waals surface area contributed by atoms with Gasteiger partial charge in [-0.25, -0.2) is 0 Å². The average molecular weight is 323 g/mol. The molecule has 5 heteroatoms. The Hall–Kier alpha value is -0.650. The Balaban J connectivity index is 1.47.